The van der Waals surface area contributed by atoms with Crippen molar-refractivity contribution in [3.05, 3.63) is 40.9 Å². The third kappa shape index (κ3) is 4.40. The van der Waals surface area contributed by atoms with E-state index in [9.17, 15) is 4.79 Å². The molecule has 0 unspecified atom stereocenters. The zero-order valence-electron chi connectivity index (χ0n) is 21.0. The van der Waals surface area contributed by atoms with Gasteiger partial charge in [-0.25, -0.2) is 15.0 Å². The molecule has 3 aliphatic rings. The van der Waals surface area contributed by atoms with E-state index in [4.69, 9.17) is 16.6 Å². The number of imidazole rings is 1. The van der Waals surface area contributed by atoms with Crippen LogP contribution in [0.4, 0.5) is 11.5 Å². The summed E-state index contributed by atoms with van der Waals surface area (Å²) >= 11 is 6.24. The number of carbonyl (C=O) groups is 1. The Kier molecular flexibility index (Phi) is 6.46. The van der Waals surface area contributed by atoms with Crippen LogP contribution in [0.3, 0.4) is 0 Å². The van der Waals surface area contributed by atoms with E-state index < -0.39 is 0 Å². The van der Waals surface area contributed by atoms with Gasteiger partial charge in [-0.1, -0.05) is 24.1 Å². The predicted molar refractivity (Wildman–Crippen MR) is 143 cm³/mol. The van der Waals surface area contributed by atoms with Crippen molar-refractivity contribution in [1.29, 1.82) is 0 Å². The van der Waals surface area contributed by atoms with Gasteiger partial charge in [-0.2, -0.15) is 0 Å². The van der Waals surface area contributed by atoms with Crippen molar-refractivity contribution < 1.29 is 4.79 Å². The van der Waals surface area contributed by atoms with Crippen LogP contribution in [0.15, 0.2) is 24.5 Å². The first-order valence-electron chi connectivity index (χ1n) is 13.3. The number of halogens is 1. The fourth-order valence-electron chi connectivity index (χ4n) is 6.08. The Morgan fingerprint density at radius 1 is 0.972 bits per heavy atom. The van der Waals surface area contributed by atoms with Crippen LogP contribution in [0.5, 0.6) is 0 Å². The summed E-state index contributed by atoms with van der Waals surface area (Å²) < 4.78 is 2.28. The summed E-state index contributed by atoms with van der Waals surface area (Å²) in [7, 11) is 0. The minimum Gasteiger partial charge on any atom is -0.368 e. The molecule has 0 saturated carbocycles. The van der Waals surface area contributed by atoms with Crippen LogP contribution in [0.25, 0.3) is 11.2 Å². The maximum absolute atomic E-state index is 13.6. The molecule has 9 heteroatoms. The van der Waals surface area contributed by atoms with E-state index in [2.05, 4.69) is 42.2 Å². The molecule has 5 heterocycles. The number of hydrogen-bond donors (Lipinski definition) is 0. The normalized spacial score (nSPS) is 20.9. The van der Waals surface area contributed by atoms with Crippen LogP contribution >= 0.6 is 11.6 Å². The Morgan fingerprint density at radius 3 is 2.69 bits per heavy atom. The van der Waals surface area contributed by atoms with Crippen LogP contribution in [0.2, 0.25) is 5.02 Å². The van der Waals surface area contributed by atoms with Gasteiger partial charge in [0.2, 0.25) is 5.91 Å². The first-order valence-corrected chi connectivity index (χ1v) is 13.7. The van der Waals surface area contributed by atoms with E-state index in [0.29, 0.717) is 6.54 Å². The van der Waals surface area contributed by atoms with Crippen molar-refractivity contribution in [2.75, 3.05) is 49.1 Å². The lowest BCUT2D eigenvalue weighted by Crippen LogP contribution is -2.52. The molecule has 36 heavy (non-hydrogen) atoms. The van der Waals surface area contributed by atoms with Crippen molar-refractivity contribution in [3.63, 3.8) is 0 Å². The summed E-state index contributed by atoms with van der Waals surface area (Å²) in [5.41, 5.74) is 4.23. The fraction of sp³-hybridized carbons (Fsp3) is 0.556. The van der Waals surface area contributed by atoms with Crippen LogP contribution in [-0.2, 0) is 17.8 Å². The minimum atomic E-state index is -0.0105. The van der Waals surface area contributed by atoms with Crippen LogP contribution < -0.4 is 9.80 Å². The molecule has 6 rings (SSSR count). The molecule has 2 fully saturated rings. The summed E-state index contributed by atoms with van der Waals surface area (Å²) in [5, 5.41) is 0.754. The van der Waals surface area contributed by atoms with Crippen LogP contribution in [0.1, 0.15) is 43.5 Å². The number of nitrogens with zero attached hydrogens (tertiary/aromatic N) is 7. The minimum absolute atomic E-state index is 0.0105. The maximum atomic E-state index is 13.6. The number of hydrogen-bond acceptors (Lipinski definition) is 6. The number of anilines is 2. The summed E-state index contributed by atoms with van der Waals surface area (Å²) in [6.45, 7) is 7.83. The Morgan fingerprint density at radius 2 is 1.83 bits per heavy atom. The molecule has 2 saturated heterocycles. The average Bonchev–Trinajstić information content (AvgIpc) is 3.10. The van der Waals surface area contributed by atoms with E-state index in [1.54, 1.807) is 6.33 Å². The number of piperazine rings is 1. The van der Waals surface area contributed by atoms with Crippen molar-refractivity contribution in [2.45, 2.75) is 52.0 Å². The second-order valence-electron chi connectivity index (χ2n) is 10.4. The number of carbonyl (C=O) groups excluding carboxylic acids is 1. The molecule has 2 aromatic heterocycles. The zero-order valence-corrected chi connectivity index (χ0v) is 21.8. The highest BCUT2D eigenvalue weighted by Crippen LogP contribution is 2.31. The predicted octanol–water partition coefficient (Wildman–Crippen LogP) is 4.08. The second kappa shape index (κ2) is 9.88. The first-order chi connectivity index (χ1) is 17.6. The van der Waals surface area contributed by atoms with Gasteiger partial charge in [0.25, 0.3) is 0 Å². The van der Waals surface area contributed by atoms with E-state index >= 15 is 0 Å². The third-order valence-corrected chi connectivity index (χ3v) is 8.28. The van der Waals surface area contributed by atoms with E-state index in [0.717, 1.165) is 86.4 Å². The zero-order chi connectivity index (χ0) is 24.6. The molecule has 8 nitrogen and oxygen atoms in total. The van der Waals surface area contributed by atoms with Crippen molar-refractivity contribution in [3.8, 4) is 0 Å². The van der Waals surface area contributed by atoms with Gasteiger partial charge in [0, 0.05) is 62.9 Å². The Hall–Kier alpha value is -2.87. The Bertz CT molecular complexity index is 1270. The number of amides is 1. The second-order valence-corrected chi connectivity index (χ2v) is 10.8. The topological polar surface area (TPSA) is 70.4 Å². The van der Waals surface area contributed by atoms with Gasteiger partial charge in [0.05, 0.1) is 5.92 Å². The molecule has 0 radical (unpaired) electrons. The number of aryl methyl sites for hydroxylation is 3. The lowest BCUT2D eigenvalue weighted by molar-refractivity contribution is -0.136. The molecule has 0 spiro atoms. The molecule has 0 N–H and O–H groups in total. The molecule has 0 bridgehead atoms. The quantitative estimate of drug-likeness (QED) is 0.532. The Labute approximate surface area is 217 Å². The number of piperidine rings is 1. The number of rotatable bonds is 3. The highest BCUT2D eigenvalue weighted by Gasteiger charge is 2.33. The fourth-order valence-corrected chi connectivity index (χ4v) is 6.24. The first kappa shape index (κ1) is 23.5. The standard InChI is InChI=1S/C27H34ClN7O/c1-19-8-9-21(28)16-22(19)32-12-14-33(15-13-32)27(36)20-6-5-10-34(17-20)25-24-26(30-18-29-25)35-11-4-2-3-7-23(35)31-24/h8-9,16,18,20H,2-7,10-15,17H2,1H3/t20-/m1/s1. The summed E-state index contributed by atoms with van der Waals surface area (Å²) in [6, 6.07) is 6.03. The molecule has 190 valence electrons. The number of benzene rings is 1. The SMILES string of the molecule is Cc1ccc(Cl)cc1N1CCN(C(=O)[C@@H]2CCCN(c3ncnc4c3nc3n4CCCCC3)C2)CC1. The van der Waals surface area contributed by atoms with E-state index in [1.807, 2.05) is 12.1 Å². The van der Waals surface area contributed by atoms with Gasteiger partial charge >= 0.3 is 0 Å². The van der Waals surface area contributed by atoms with Gasteiger partial charge in [-0.15, -0.1) is 0 Å². The largest absolute Gasteiger partial charge is 0.368 e. The highest BCUT2D eigenvalue weighted by molar-refractivity contribution is 6.30. The molecular formula is C27H34ClN7O. The summed E-state index contributed by atoms with van der Waals surface area (Å²) in [4.78, 5) is 34.5. The van der Waals surface area contributed by atoms with Gasteiger partial charge in [0.15, 0.2) is 17.0 Å². The molecule has 0 aliphatic carbocycles. The van der Waals surface area contributed by atoms with E-state index in [-0.39, 0.29) is 11.8 Å². The molecule has 1 amide bonds. The molecular weight excluding hydrogens is 474 g/mol. The number of fused-ring (bicyclic) bond motifs is 3. The van der Waals surface area contributed by atoms with Crippen molar-refractivity contribution in [1.82, 2.24) is 24.4 Å². The Balaban J connectivity index is 1.15. The van der Waals surface area contributed by atoms with Gasteiger partial charge in [0.1, 0.15) is 12.2 Å². The molecule has 3 aromatic rings. The lowest BCUT2D eigenvalue weighted by Gasteiger charge is -2.40. The number of aromatic nitrogens is 4. The molecule has 1 aromatic carbocycles. The molecule has 1 atom stereocenters. The van der Waals surface area contributed by atoms with Crippen molar-refractivity contribution >= 4 is 40.2 Å². The average molecular weight is 508 g/mol. The van der Waals surface area contributed by atoms with Gasteiger partial charge in [-0.05, 0) is 50.3 Å². The smallest absolute Gasteiger partial charge is 0.227 e. The summed E-state index contributed by atoms with van der Waals surface area (Å²) in [6.07, 6.45) is 8.16. The van der Waals surface area contributed by atoms with Crippen molar-refractivity contribution in [2.24, 2.45) is 5.92 Å². The van der Waals surface area contributed by atoms with Gasteiger partial charge < -0.3 is 19.3 Å². The maximum Gasteiger partial charge on any atom is 0.227 e. The highest BCUT2D eigenvalue weighted by atomic mass is 35.5. The van der Waals surface area contributed by atoms with Crippen LogP contribution in [-0.4, -0.2) is 69.6 Å². The summed E-state index contributed by atoms with van der Waals surface area (Å²) in [5.74, 6) is 2.28. The lowest BCUT2D eigenvalue weighted by atomic mass is 9.96. The third-order valence-electron chi connectivity index (χ3n) is 8.05. The van der Waals surface area contributed by atoms with Crippen LogP contribution in [0, 0.1) is 12.8 Å². The van der Waals surface area contributed by atoms with E-state index in [1.165, 1.54) is 30.5 Å². The van der Waals surface area contributed by atoms with Gasteiger partial charge in [-0.3, -0.25) is 4.79 Å². The monoisotopic (exact) mass is 507 g/mol. The molecule has 3 aliphatic heterocycles.